The van der Waals surface area contributed by atoms with Crippen LogP contribution in [0.1, 0.15) is 70.9 Å². The molecule has 29 heavy (non-hydrogen) atoms. The zero-order valence-electron chi connectivity index (χ0n) is 17.3. The molecule has 1 amide bonds. The molecule has 0 saturated carbocycles. The maximum atomic E-state index is 13.5. The normalized spacial score (nSPS) is 23.0. The van der Waals surface area contributed by atoms with Crippen LogP contribution < -0.4 is 0 Å². The van der Waals surface area contributed by atoms with E-state index in [-0.39, 0.29) is 18.4 Å². The number of unbranched alkanes of at least 4 members (excludes halogenated alkanes) is 1. The van der Waals surface area contributed by atoms with Gasteiger partial charge in [0.2, 0.25) is 5.91 Å². The lowest BCUT2D eigenvalue weighted by Gasteiger charge is -2.46. The lowest BCUT2D eigenvalue weighted by Crippen LogP contribution is -2.56. The van der Waals surface area contributed by atoms with Gasteiger partial charge in [0, 0.05) is 5.02 Å². The molecule has 6 nitrogen and oxygen atoms in total. The van der Waals surface area contributed by atoms with Gasteiger partial charge in [-0.15, -0.1) is 0 Å². The molecule has 1 aromatic rings. The van der Waals surface area contributed by atoms with E-state index in [1.807, 2.05) is 26.0 Å². The summed E-state index contributed by atoms with van der Waals surface area (Å²) >= 11 is 6.01. The van der Waals surface area contributed by atoms with Gasteiger partial charge in [0.25, 0.3) is 0 Å². The van der Waals surface area contributed by atoms with Gasteiger partial charge in [-0.25, -0.2) is 4.79 Å². The summed E-state index contributed by atoms with van der Waals surface area (Å²) in [4.78, 5) is 39.2. The maximum absolute atomic E-state index is 13.5. The van der Waals surface area contributed by atoms with Crippen molar-refractivity contribution in [2.45, 2.75) is 71.4 Å². The number of hydrogen-bond donors (Lipinski definition) is 1. The molecule has 1 fully saturated rings. The van der Waals surface area contributed by atoms with Crippen LogP contribution in [0, 0.1) is 5.41 Å². The summed E-state index contributed by atoms with van der Waals surface area (Å²) in [5.74, 6) is -1.78. The van der Waals surface area contributed by atoms with Gasteiger partial charge in [-0.2, -0.15) is 0 Å². The smallest absolute Gasteiger partial charge is 0.328 e. The third-order valence-corrected chi connectivity index (χ3v) is 5.84. The number of benzene rings is 1. The van der Waals surface area contributed by atoms with Crippen molar-refractivity contribution in [2.75, 3.05) is 6.61 Å². The Balaban J connectivity index is 2.40. The van der Waals surface area contributed by atoms with E-state index < -0.39 is 23.4 Å². The first-order chi connectivity index (χ1) is 13.7. The minimum absolute atomic E-state index is 0.267. The quantitative estimate of drug-likeness (QED) is 0.463. The van der Waals surface area contributed by atoms with Gasteiger partial charge in [0.05, 0.1) is 24.5 Å². The summed E-state index contributed by atoms with van der Waals surface area (Å²) < 4.78 is 5.42. The number of ether oxygens (including phenoxy) is 1. The first kappa shape index (κ1) is 23.2. The summed E-state index contributed by atoms with van der Waals surface area (Å²) in [7, 11) is 0. The average Bonchev–Trinajstić information content (AvgIpc) is 2.66. The van der Waals surface area contributed by atoms with Crippen molar-refractivity contribution in [3.63, 3.8) is 0 Å². The number of aliphatic carboxylic acids is 1. The monoisotopic (exact) mass is 423 g/mol. The number of amides is 1. The highest BCUT2D eigenvalue weighted by molar-refractivity contribution is 6.30. The number of rotatable bonds is 9. The number of likely N-dealkylation sites (tertiary alicyclic amines) is 1. The number of piperidine rings is 1. The Morgan fingerprint density at radius 3 is 2.52 bits per heavy atom. The zero-order valence-corrected chi connectivity index (χ0v) is 18.1. The van der Waals surface area contributed by atoms with Crippen molar-refractivity contribution in [1.29, 1.82) is 0 Å². The van der Waals surface area contributed by atoms with Crippen molar-refractivity contribution >= 4 is 29.4 Å². The van der Waals surface area contributed by atoms with Crippen LogP contribution in [0.5, 0.6) is 0 Å². The van der Waals surface area contributed by atoms with E-state index in [0.29, 0.717) is 30.9 Å². The van der Waals surface area contributed by atoms with Crippen LogP contribution in [-0.4, -0.2) is 40.5 Å². The molecule has 7 heteroatoms. The fourth-order valence-corrected chi connectivity index (χ4v) is 4.04. The summed E-state index contributed by atoms with van der Waals surface area (Å²) in [6, 6.07) is 6.12. The lowest BCUT2D eigenvalue weighted by atomic mass is 9.74. The molecule has 1 aliphatic rings. The van der Waals surface area contributed by atoms with Gasteiger partial charge in [-0.1, -0.05) is 50.9 Å². The number of carbonyl (C=O) groups is 3. The third kappa shape index (κ3) is 5.50. The Kier molecular flexibility index (Phi) is 8.08. The molecule has 2 rings (SSSR count). The lowest BCUT2D eigenvalue weighted by molar-refractivity contribution is -0.168. The van der Waals surface area contributed by atoms with Gasteiger partial charge >= 0.3 is 11.9 Å². The van der Waals surface area contributed by atoms with Gasteiger partial charge in [-0.05, 0) is 43.4 Å². The van der Waals surface area contributed by atoms with Gasteiger partial charge in [0.15, 0.2) is 0 Å². The molecule has 1 saturated heterocycles. The Morgan fingerprint density at radius 2 is 1.97 bits per heavy atom. The Morgan fingerprint density at radius 1 is 1.31 bits per heavy atom. The second kappa shape index (κ2) is 10.1. The van der Waals surface area contributed by atoms with Gasteiger partial charge < -0.3 is 14.7 Å². The molecular formula is C22H30ClNO5. The predicted octanol–water partition coefficient (Wildman–Crippen LogP) is 4.61. The molecule has 160 valence electrons. The van der Waals surface area contributed by atoms with E-state index >= 15 is 0 Å². The van der Waals surface area contributed by atoms with Crippen molar-refractivity contribution < 1.29 is 24.2 Å². The summed E-state index contributed by atoms with van der Waals surface area (Å²) in [6.45, 7) is 5.82. The largest absolute Gasteiger partial charge is 0.481 e. The standard InChI is InChI=1S/C22H30ClNO5/c1-4-6-13-29-20(27)17(5-2)24-18(15-7-9-16(23)10-8-15)11-12-22(3,21(24)28)14-19(25)26/h7-10,17-18H,4-6,11-14H2,1-3H3,(H,25,26)/t17?,18-,22-/m0/s1. The molecule has 1 N–H and O–H groups in total. The Labute approximate surface area is 177 Å². The van der Waals surface area contributed by atoms with Crippen LogP contribution in [0.15, 0.2) is 24.3 Å². The number of esters is 1. The van der Waals surface area contributed by atoms with E-state index in [1.165, 1.54) is 0 Å². The Hall–Kier alpha value is -2.08. The van der Waals surface area contributed by atoms with Crippen LogP contribution in [0.3, 0.4) is 0 Å². The molecule has 0 bridgehead atoms. The van der Waals surface area contributed by atoms with E-state index in [0.717, 1.165) is 18.4 Å². The molecule has 0 spiro atoms. The summed E-state index contributed by atoms with van der Waals surface area (Å²) in [5.41, 5.74) is -0.175. The van der Waals surface area contributed by atoms with Crippen LogP contribution in [-0.2, 0) is 19.1 Å². The number of carboxylic acids is 1. The second-order valence-electron chi connectivity index (χ2n) is 7.89. The maximum Gasteiger partial charge on any atom is 0.328 e. The number of carboxylic acid groups (broad SMARTS) is 1. The fraction of sp³-hybridized carbons (Fsp3) is 0.591. The van der Waals surface area contributed by atoms with Crippen molar-refractivity contribution in [2.24, 2.45) is 5.41 Å². The average molecular weight is 424 g/mol. The molecule has 0 aliphatic carbocycles. The molecule has 3 atom stereocenters. The van der Waals surface area contributed by atoms with Gasteiger partial charge in [0.1, 0.15) is 6.04 Å². The highest BCUT2D eigenvalue weighted by Crippen LogP contribution is 2.44. The summed E-state index contributed by atoms with van der Waals surface area (Å²) in [5, 5.41) is 9.91. The van der Waals surface area contributed by atoms with E-state index in [2.05, 4.69) is 0 Å². The molecular weight excluding hydrogens is 394 g/mol. The Bertz CT molecular complexity index is 735. The highest BCUT2D eigenvalue weighted by Gasteiger charge is 2.49. The number of carbonyl (C=O) groups excluding carboxylic acids is 2. The number of halogens is 1. The van der Waals surface area contributed by atoms with Crippen LogP contribution in [0.4, 0.5) is 0 Å². The van der Waals surface area contributed by atoms with Crippen LogP contribution in [0.2, 0.25) is 5.02 Å². The van der Waals surface area contributed by atoms with Crippen molar-refractivity contribution in [1.82, 2.24) is 4.90 Å². The van der Waals surface area contributed by atoms with E-state index in [9.17, 15) is 19.5 Å². The van der Waals surface area contributed by atoms with Crippen LogP contribution >= 0.6 is 11.6 Å². The first-order valence-electron chi connectivity index (χ1n) is 10.2. The topological polar surface area (TPSA) is 83.9 Å². The molecule has 0 aromatic heterocycles. The van der Waals surface area contributed by atoms with Gasteiger partial charge in [-0.3, -0.25) is 9.59 Å². The second-order valence-corrected chi connectivity index (χ2v) is 8.33. The van der Waals surface area contributed by atoms with E-state index in [1.54, 1.807) is 24.0 Å². The first-order valence-corrected chi connectivity index (χ1v) is 10.6. The molecule has 1 aromatic carbocycles. The van der Waals surface area contributed by atoms with Crippen LogP contribution in [0.25, 0.3) is 0 Å². The molecule has 1 unspecified atom stereocenters. The highest BCUT2D eigenvalue weighted by atomic mass is 35.5. The van der Waals surface area contributed by atoms with E-state index in [4.69, 9.17) is 16.3 Å². The van der Waals surface area contributed by atoms with Crippen molar-refractivity contribution in [3.05, 3.63) is 34.9 Å². The number of nitrogens with zero attached hydrogens (tertiary/aromatic N) is 1. The minimum atomic E-state index is -1.05. The minimum Gasteiger partial charge on any atom is -0.481 e. The molecule has 0 radical (unpaired) electrons. The SMILES string of the molecule is CCCCOC(=O)C(CC)N1C(=O)[C@](C)(CC(=O)O)CC[C@H]1c1ccc(Cl)cc1. The number of hydrogen-bond acceptors (Lipinski definition) is 4. The predicted molar refractivity (Wildman–Crippen MR) is 111 cm³/mol. The zero-order chi connectivity index (χ0) is 21.6. The summed E-state index contributed by atoms with van der Waals surface area (Å²) in [6.07, 6.45) is 2.78. The third-order valence-electron chi connectivity index (χ3n) is 5.59. The molecule has 1 heterocycles. The van der Waals surface area contributed by atoms with Crippen molar-refractivity contribution in [3.8, 4) is 0 Å². The molecule has 1 aliphatic heterocycles. The fourth-order valence-electron chi connectivity index (χ4n) is 3.91.